The van der Waals surface area contributed by atoms with Gasteiger partial charge in [-0.3, -0.25) is 4.57 Å². The summed E-state index contributed by atoms with van der Waals surface area (Å²) in [6.07, 6.45) is 3.70. The highest BCUT2D eigenvalue weighted by molar-refractivity contribution is 5.88. The Labute approximate surface area is 144 Å². The zero-order valence-electron chi connectivity index (χ0n) is 13.9. The molecule has 1 aliphatic carbocycles. The topological polar surface area (TPSA) is 78.3 Å². The van der Waals surface area contributed by atoms with Crippen molar-refractivity contribution < 1.29 is 9.90 Å². The number of H-pyrrole nitrogens is 1. The van der Waals surface area contributed by atoms with Crippen LogP contribution >= 0.6 is 0 Å². The Balaban J connectivity index is 1.75. The molecule has 6 nitrogen and oxygen atoms in total. The molecular formula is C19H19N3O3. The number of hydrogen-bond donors (Lipinski definition) is 2. The normalized spacial score (nSPS) is 14.4. The van der Waals surface area contributed by atoms with E-state index in [2.05, 4.69) is 16.9 Å². The smallest absolute Gasteiger partial charge is 0.335 e. The van der Waals surface area contributed by atoms with Crippen LogP contribution in [-0.2, 0) is 0 Å². The molecule has 0 radical (unpaired) electrons. The van der Waals surface area contributed by atoms with Crippen molar-refractivity contribution in [1.29, 1.82) is 0 Å². The van der Waals surface area contributed by atoms with Crippen LogP contribution < -0.4 is 10.6 Å². The fourth-order valence-corrected chi connectivity index (χ4v) is 3.31. The van der Waals surface area contributed by atoms with E-state index in [9.17, 15) is 9.59 Å². The number of hydrogen-bond acceptors (Lipinski definition) is 3. The lowest BCUT2D eigenvalue weighted by atomic mass is 9.91. The summed E-state index contributed by atoms with van der Waals surface area (Å²) in [5.41, 5.74) is 3.24. The van der Waals surface area contributed by atoms with Crippen molar-refractivity contribution in [3.63, 3.8) is 0 Å². The summed E-state index contributed by atoms with van der Waals surface area (Å²) in [6, 6.07) is 12.8. The van der Waals surface area contributed by atoms with Gasteiger partial charge in [-0.2, -0.15) is 0 Å². The number of carboxylic acid groups (broad SMARTS) is 1. The van der Waals surface area contributed by atoms with Crippen molar-refractivity contribution in [2.45, 2.75) is 25.3 Å². The number of carbonyl (C=O) groups is 1. The first-order chi connectivity index (χ1) is 12.0. The Morgan fingerprint density at radius 3 is 2.52 bits per heavy atom. The van der Waals surface area contributed by atoms with Gasteiger partial charge in [-0.05, 0) is 61.7 Å². The van der Waals surface area contributed by atoms with Gasteiger partial charge in [-0.1, -0.05) is 0 Å². The van der Waals surface area contributed by atoms with Gasteiger partial charge in [0, 0.05) is 18.8 Å². The highest BCUT2D eigenvalue weighted by Gasteiger charge is 2.22. The summed E-state index contributed by atoms with van der Waals surface area (Å²) in [5, 5.41) is 9.01. The van der Waals surface area contributed by atoms with Crippen molar-refractivity contribution in [3.8, 4) is 5.69 Å². The number of aromatic carboxylic acids is 1. The molecule has 0 bridgehead atoms. The van der Waals surface area contributed by atoms with E-state index in [-0.39, 0.29) is 11.3 Å². The number of aromatic nitrogens is 2. The molecule has 6 heteroatoms. The number of aromatic amines is 1. The highest BCUT2D eigenvalue weighted by atomic mass is 16.4. The SMILES string of the molecule is CN(c1ccc2c(c1)[nH]c(=O)n2-c1ccc(C(=O)O)cc1)C1CCC1. The number of nitrogens with one attached hydrogen (secondary N) is 1. The first kappa shape index (κ1) is 15.5. The summed E-state index contributed by atoms with van der Waals surface area (Å²) in [5.74, 6) is -0.985. The predicted molar refractivity (Wildman–Crippen MR) is 96.9 cm³/mol. The third-order valence-electron chi connectivity index (χ3n) is 5.07. The Morgan fingerprint density at radius 1 is 1.20 bits per heavy atom. The molecule has 128 valence electrons. The monoisotopic (exact) mass is 337 g/mol. The largest absolute Gasteiger partial charge is 0.478 e. The van der Waals surface area contributed by atoms with Crippen LogP contribution in [0.3, 0.4) is 0 Å². The van der Waals surface area contributed by atoms with E-state index in [1.165, 1.54) is 31.4 Å². The minimum Gasteiger partial charge on any atom is -0.478 e. The van der Waals surface area contributed by atoms with E-state index < -0.39 is 5.97 Å². The predicted octanol–water partition coefficient (Wildman–Crippen LogP) is 3.01. The van der Waals surface area contributed by atoms with Gasteiger partial charge in [0.05, 0.1) is 22.3 Å². The molecule has 0 atom stereocenters. The maximum Gasteiger partial charge on any atom is 0.335 e. The molecule has 4 rings (SSSR count). The minimum atomic E-state index is -0.985. The number of nitrogens with zero attached hydrogens (tertiary/aromatic N) is 2. The average molecular weight is 337 g/mol. The summed E-state index contributed by atoms with van der Waals surface area (Å²) in [7, 11) is 2.09. The van der Waals surface area contributed by atoms with Crippen molar-refractivity contribution in [2.24, 2.45) is 0 Å². The quantitative estimate of drug-likeness (QED) is 0.767. The minimum absolute atomic E-state index is 0.195. The van der Waals surface area contributed by atoms with Crippen LogP contribution in [0, 0.1) is 0 Å². The van der Waals surface area contributed by atoms with Crippen LogP contribution in [0.25, 0.3) is 16.7 Å². The molecule has 2 N–H and O–H groups in total. The molecule has 25 heavy (non-hydrogen) atoms. The van der Waals surface area contributed by atoms with Crippen LogP contribution in [0.2, 0.25) is 0 Å². The molecule has 1 fully saturated rings. The van der Waals surface area contributed by atoms with E-state index in [1.54, 1.807) is 16.7 Å². The van der Waals surface area contributed by atoms with Gasteiger partial charge in [-0.25, -0.2) is 9.59 Å². The second-order valence-electron chi connectivity index (χ2n) is 6.51. The second-order valence-corrected chi connectivity index (χ2v) is 6.51. The van der Waals surface area contributed by atoms with E-state index in [1.807, 2.05) is 18.2 Å². The summed E-state index contributed by atoms with van der Waals surface area (Å²) in [4.78, 5) is 28.6. The number of carboxylic acids is 1. The van der Waals surface area contributed by atoms with Gasteiger partial charge in [0.2, 0.25) is 0 Å². The van der Waals surface area contributed by atoms with Gasteiger partial charge in [0.15, 0.2) is 0 Å². The average Bonchev–Trinajstić information content (AvgIpc) is 2.88. The van der Waals surface area contributed by atoms with Crippen LogP contribution in [0.1, 0.15) is 29.6 Å². The highest BCUT2D eigenvalue weighted by Crippen LogP contribution is 2.29. The van der Waals surface area contributed by atoms with Crippen molar-refractivity contribution >= 4 is 22.7 Å². The Morgan fingerprint density at radius 2 is 1.92 bits per heavy atom. The van der Waals surface area contributed by atoms with E-state index in [0.717, 1.165) is 16.7 Å². The maximum atomic E-state index is 12.4. The van der Waals surface area contributed by atoms with Gasteiger partial charge in [0.1, 0.15) is 0 Å². The Bertz CT molecular complexity index is 997. The number of benzene rings is 2. The molecule has 0 amide bonds. The van der Waals surface area contributed by atoms with Crippen molar-refractivity contribution in [2.75, 3.05) is 11.9 Å². The number of imidazole rings is 1. The van der Waals surface area contributed by atoms with Crippen LogP contribution in [0.5, 0.6) is 0 Å². The zero-order chi connectivity index (χ0) is 17.6. The first-order valence-corrected chi connectivity index (χ1v) is 8.36. The second kappa shape index (κ2) is 5.81. The molecule has 2 aromatic carbocycles. The molecule has 1 aliphatic rings. The summed E-state index contributed by atoms with van der Waals surface area (Å²) >= 11 is 0. The molecule has 3 aromatic rings. The molecule has 0 aliphatic heterocycles. The van der Waals surface area contributed by atoms with Crippen molar-refractivity contribution in [3.05, 3.63) is 58.5 Å². The summed E-state index contributed by atoms with van der Waals surface area (Å²) < 4.78 is 1.56. The fourth-order valence-electron chi connectivity index (χ4n) is 3.31. The van der Waals surface area contributed by atoms with Crippen LogP contribution in [0.4, 0.5) is 5.69 Å². The lowest BCUT2D eigenvalue weighted by Crippen LogP contribution is -2.37. The Kier molecular flexibility index (Phi) is 3.60. The van der Waals surface area contributed by atoms with Crippen molar-refractivity contribution in [1.82, 2.24) is 9.55 Å². The number of fused-ring (bicyclic) bond motifs is 1. The number of rotatable bonds is 4. The number of anilines is 1. The van der Waals surface area contributed by atoms with Crippen LogP contribution in [0.15, 0.2) is 47.3 Å². The van der Waals surface area contributed by atoms with Crippen LogP contribution in [-0.4, -0.2) is 33.7 Å². The molecule has 0 saturated heterocycles. The summed E-state index contributed by atoms with van der Waals surface area (Å²) in [6.45, 7) is 0. The molecular weight excluding hydrogens is 318 g/mol. The zero-order valence-corrected chi connectivity index (χ0v) is 13.9. The first-order valence-electron chi connectivity index (χ1n) is 8.36. The van der Waals surface area contributed by atoms with E-state index in [0.29, 0.717) is 11.7 Å². The molecule has 0 unspecified atom stereocenters. The standard InChI is InChI=1S/C19H19N3O3/c1-21(13-3-2-4-13)15-9-10-17-16(11-15)20-19(25)22(17)14-7-5-12(6-8-14)18(23)24/h5-11,13H,2-4H2,1H3,(H,20,25)(H,23,24). The van der Waals surface area contributed by atoms with Gasteiger partial charge in [-0.15, -0.1) is 0 Å². The third-order valence-corrected chi connectivity index (χ3v) is 5.07. The van der Waals surface area contributed by atoms with Gasteiger partial charge in [0.25, 0.3) is 0 Å². The fraction of sp³-hybridized carbons (Fsp3) is 0.263. The molecule has 0 spiro atoms. The van der Waals surface area contributed by atoms with E-state index >= 15 is 0 Å². The lowest BCUT2D eigenvalue weighted by molar-refractivity contribution is 0.0697. The molecule has 1 heterocycles. The van der Waals surface area contributed by atoms with Gasteiger partial charge < -0.3 is 15.0 Å². The molecule has 1 aromatic heterocycles. The Hall–Kier alpha value is -3.02. The van der Waals surface area contributed by atoms with Gasteiger partial charge >= 0.3 is 11.7 Å². The maximum absolute atomic E-state index is 12.4. The third kappa shape index (κ3) is 2.59. The van der Waals surface area contributed by atoms with E-state index in [4.69, 9.17) is 5.11 Å². The lowest BCUT2D eigenvalue weighted by Gasteiger charge is -2.36. The molecule has 1 saturated carbocycles.